The van der Waals surface area contributed by atoms with E-state index in [0.717, 1.165) is 24.4 Å². The van der Waals surface area contributed by atoms with Crippen LogP contribution in [0.4, 0.5) is 8.78 Å². The molecule has 2 aromatic carbocycles. The Balaban J connectivity index is 2.19. The van der Waals surface area contributed by atoms with E-state index in [-0.39, 0.29) is 0 Å². The smallest absolute Gasteiger partial charge is 0.159 e. The van der Waals surface area contributed by atoms with Crippen LogP contribution in [0.2, 0.25) is 0 Å². The van der Waals surface area contributed by atoms with Gasteiger partial charge in [0, 0.05) is 16.3 Å². The predicted octanol–water partition coefficient (Wildman–Crippen LogP) is 4.92. The quantitative estimate of drug-likeness (QED) is 0.760. The fourth-order valence-electron chi connectivity index (χ4n) is 2.01. The maximum atomic E-state index is 13.3. The third-order valence-corrected chi connectivity index (χ3v) is 4.18. The number of hydrogen-bond donors (Lipinski definition) is 1. The van der Waals surface area contributed by atoms with Gasteiger partial charge in [0.1, 0.15) is 0 Å². The summed E-state index contributed by atoms with van der Waals surface area (Å²) in [6.45, 7) is 5.92. The highest BCUT2D eigenvalue weighted by Crippen LogP contribution is 2.31. The summed E-state index contributed by atoms with van der Waals surface area (Å²) < 4.78 is 26.3. The second kappa shape index (κ2) is 7.57. The van der Waals surface area contributed by atoms with Crippen LogP contribution in [0, 0.1) is 18.6 Å². The molecule has 112 valence electrons. The Kier molecular flexibility index (Phi) is 5.76. The molecule has 0 unspecified atom stereocenters. The van der Waals surface area contributed by atoms with Crippen molar-refractivity contribution >= 4 is 11.8 Å². The van der Waals surface area contributed by atoms with E-state index in [1.165, 1.54) is 35.0 Å². The summed E-state index contributed by atoms with van der Waals surface area (Å²) in [6, 6.07) is 10.2. The van der Waals surface area contributed by atoms with Gasteiger partial charge in [-0.1, -0.05) is 36.4 Å². The van der Waals surface area contributed by atoms with Gasteiger partial charge in [-0.15, -0.1) is 0 Å². The molecule has 2 rings (SSSR count). The van der Waals surface area contributed by atoms with Gasteiger partial charge >= 0.3 is 0 Å². The van der Waals surface area contributed by atoms with Crippen molar-refractivity contribution in [3.63, 3.8) is 0 Å². The number of benzene rings is 2. The zero-order valence-corrected chi connectivity index (χ0v) is 13.1. The van der Waals surface area contributed by atoms with Gasteiger partial charge in [0.15, 0.2) is 11.6 Å². The summed E-state index contributed by atoms with van der Waals surface area (Å²) in [5.74, 6) is -1.62. The van der Waals surface area contributed by atoms with Crippen LogP contribution < -0.4 is 5.32 Å². The van der Waals surface area contributed by atoms with Gasteiger partial charge in [-0.05, 0) is 49.7 Å². The molecule has 0 fully saturated rings. The zero-order chi connectivity index (χ0) is 15.2. The van der Waals surface area contributed by atoms with Crippen LogP contribution in [0.25, 0.3) is 0 Å². The van der Waals surface area contributed by atoms with E-state index in [1.807, 2.05) is 12.1 Å². The third-order valence-electron chi connectivity index (χ3n) is 3.08. The molecule has 0 aliphatic rings. The lowest BCUT2D eigenvalue weighted by Gasteiger charge is -2.11. The molecule has 0 spiro atoms. The first kappa shape index (κ1) is 16.0. The molecule has 1 nitrogen and oxygen atoms in total. The summed E-state index contributed by atoms with van der Waals surface area (Å²) >= 11 is 1.46. The van der Waals surface area contributed by atoms with E-state index >= 15 is 0 Å². The van der Waals surface area contributed by atoms with Gasteiger partial charge in [-0.25, -0.2) is 8.78 Å². The zero-order valence-electron chi connectivity index (χ0n) is 12.2. The first-order valence-corrected chi connectivity index (χ1v) is 7.85. The molecule has 2 aromatic rings. The average molecular weight is 307 g/mol. The molecule has 0 saturated carbocycles. The van der Waals surface area contributed by atoms with Crippen LogP contribution in [0.15, 0.2) is 46.2 Å². The molecular weight excluding hydrogens is 288 g/mol. The Morgan fingerprint density at radius 2 is 1.86 bits per heavy atom. The second-order valence-electron chi connectivity index (χ2n) is 4.97. The maximum Gasteiger partial charge on any atom is 0.159 e. The average Bonchev–Trinajstić information content (AvgIpc) is 2.46. The topological polar surface area (TPSA) is 12.0 Å². The molecule has 0 aliphatic heterocycles. The van der Waals surface area contributed by atoms with Gasteiger partial charge < -0.3 is 5.32 Å². The van der Waals surface area contributed by atoms with Gasteiger partial charge in [-0.2, -0.15) is 0 Å². The van der Waals surface area contributed by atoms with Crippen molar-refractivity contribution in [1.29, 1.82) is 0 Å². The molecule has 0 heterocycles. The van der Waals surface area contributed by atoms with Crippen molar-refractivity contribution < 1.29 is 8.78 Å². The van der Waals surface area contributed by atoms with Crippen molar-refractivity contribution in [3.05, 3.63) is 59.2 Å². The van der Waals surface area contributed by atoms with E-state index in [4.69, 9.17) is 0 Å². The molecule has 21 heavy (non-hydrogen) atoms. The Morgan fingerprint density at radius 1 is 1.05 bits per heavy atom. The van der Waals surface area contributed by atoms with Crippen LogP contribution in [-0.2, 0) is 6.54 Å². The molecule has 0 bridgehead atoms. The molecule has 0 aromatic heterocycles. The first-order chi connectivity index (χ1) is 10.1. The molecule has 1 N–H and O–H groups in total. The highest BCUT2D eigenvalue weighted by atomic mass is 32.2. The summed E-state index contributed by atoms with van der Waals surface area (Å²) in [7, 11) is 0. The lowest BCUT2D eigenvalue weighted by Crippen LogP contribution is -2.14. The van der Waals surface area contributed by atoms with E-state index in [1.54, 1.807) is 6.07 Å². The van der Waals surface area contributed by atoms with Gasteiger partial charge in [-0.3, -0.25) is 0 Å². The van der Waals surface area contributed by atoms with Crippen molar-refractivity contribution in [2.45, 2.75) is 36.6 Å². The van der Waals surface area contributed by atoms with Gasteiger partial charge in [0.2, 0.25) is 0 Å². The third kappa shape index (κ3) is 4.55. The van der Waals surface area contributed by atoms with Gasteiger partial charge in [0.25, 0.3) is 0 Å². The number of halogens is 2. The molecular formula is C17H19F2NS. The summed E-state index contributed by atoms with van der Waals surface area (Å²) in [6.07, 6.45) is 1.08. The normalized spacial score (nSPS) is 10.9. The summed E-state index contributed by atoms with van der Waals surface area (Å²) in [5, 5.41) is 3.38. The minimum atomic E-state index is -0.812. The fraction of sp³-hybridized carbons (Fsp3) is 0.294. The molecule has 0 aliphatic carbocycles. The second-order valence-corrected chi connectivity index (χ2v) is 6.08. The van der Waals surface area contributed by atoms with Crippen LogP contribution in [-0.4, -0.2) is 6.54 Å². The lowest BCUT2D eigenvalue weighted by molar-refractivity contribution is 0.506. The molecule has 0 radical (unpaired) electrons. The van der Waals surface area contributed by atoms with Crippen molar-refractivity contribution in [1.82, 2.24) is 5.32 Å². The fourth-order valence-corrected chi connectivity index (χ4v) is 2.96. The SMILES string of the molecule is CCCNCc1cc(C)ccc1Sc1ccc(F)c(F)c1. The van der Waals surface area contributed by atoms with Crippen LogP contribution in [0.1, 0.15) is 24.5 Å². The summed E-state index contributed by atoms with van der Waals surface area (Å²) in [4.78, 5) is 1.77. The summed E-state index contributed by atoms with van der Waals surface area (Å²) in [5.41, 5.74) is 2.37. The monoisotopic (exact) mass is 307 g/mol. The molecule has 0 amide bonds. The van der Waals surface area contributed by atoms with Crippen LogP contribution >= 0.6 is 11.8 Å². The predicted molar refractivity (Wildman–Crippen MR) is 83.7 cm³/mol. The Hall–Kier alpha value is -1.39. The number of rotatable bonds is 6. The first-order valence-electron chi connectivity index (χ1n) is 7.03. The Bertz CT molecular complexity index is 614. The lowest BCUT2D eigenvalue weighted by atomic mass is 10.1. The van der Waals surface area contributed by atoms with E-state index in [9.17, 15) is 8.78 Å². The van der Waals surface area contributed by atoms with E-state index in [2.05, 4.69) is 25.2 Å². The highest BCUT2D eigenvalue weighted by Gasteiger charge is 2.08. The van der Waals surface area contributed by atoms with Crippen molar-refractivity contribution in [2.24, 2.45) is 0 Å². The van der Waals surface area contributed by atoms with Crippen molar-refractivity contribution in [2.75, 3.05) is 6.54 Å². The standard InChI is InChI=1S/C17H19F2NS/c1-3-8-20-11-13-9-12(2)4-7-17(13)21-14-5-6-15(18)16(19)10-14/h4-7,9-10,20H,3,8,11H2,1-2H3. The molecule has 4 heteroatoms. The number of nitrogens with one attached hydrogen (secondary N) is 1. The van der Waals surface area contributed by atoms with Crippen LogP contribution in [0.5, 0.6) is 0 Å². The van der Waals surface area contributed by atoms with E-state index in [0.29, 0.717) is 4.90 Å². The van der Waals surface area contributed by atoms with Crippen molar-refractivity contribution in [3.8, 4) is 0 Å². The number of hydrogen-bond acceptors (Lipinski definition) is 2. The van der Waals surface area contributed by atoms with Gasteiger partial charge in [0.05, 0.1) is 0 Å². The largest absolute Gasteiger partial charge is 0.313 e. The highest BCUT2D eigenvalue weighted by molar-refractivity contribution is 7.99. The van der Waals surface area contributed by atoms with Crippen LogP contribution in [0.3, 0.4) is 0 Å². The minimum Gasteiger partial charge on any atom is -0.313 e. The number of aryl methyl sites for hydroxylation is 1. The molecule has 0 saturated heterocycles. The van der Waals surface area contributed by atoms with E-state index < -0.39 is 11.6 Å². The maximum absolute atomic E-state index is 13.3. The molecule has 0 atom stereocenters. The Labute approximate surface area is 128 Å². The Morgan fingerprint density at radius 3 is 2.57 bits per heavy atom. The minimum absolute atomic E-state index is 0.703.